The Balaban J connectivity index is 0.000000671. The smallest absolute Gasteiger partial charge is 0.339 e. The minimum atomic E-state index is -0.970. The van der Waals surface area contributed by atoms with Crippen LogP contribution in [0.2, 0.25) is 0 Å². The van der Waals surface area contributed by atoms with E-state index in [0.717, 1.165) is 0 Å². The number of methoxy groups -OCH3 is 1. The number of carboxylic acid groups (broad SMARTS) is 1. The normalized spacial score (nSPS) is 8.23. The summed E-state index contributed by atoms with van der Waals surface area (Å²) >= 11 is 0. The molecule has 0 saturated carbocycles. The van der Waals surface area contributed by atoms with Crippen molar-refractivity contribution in [2.45, 2.75) is 0 Å². The van der Waals surface area contributed by atoms with Crippen molar-refractivity contribution in [2.24, 2.45) is 5.73 Å². The molecule has 0 amide bonds. The first-order chi connectivity index (χ1) is 6.25. The maximum absolute atomic E-state index is 10.5. The first-order valence-corrected chi connectivity index (χ1v) is 3.69. The van der Waals surface area contributed by atoms with Crippen molar-refractivity contribution < 1.29 is 14.6 Å². The lowest BCUT2D eigenvalue weighted by molar-refractivity contribution is 0.0693. The van der Waals surface area contributed by atoms with E-state index >= 15 is 0 Å². The largest absolute Gasteiger partial charge is 0.496 e. The lowest BCUT2D eigenvalue weighted by Crippen LogP contribution is -1.99. The number of hydrogen-bond donors (Lipinski definition) is 2. The van der Waals surface area contributed by atoms with Crippen LogP contribution in [0.5, 0.6) is 5.75 Å². The molecule has 1 rings (SSSR count). The Bertz CT molecular complexity index is 273. The molecule has 0 saturated heterocycles. The number of aromatic carboxylic acids is 1. The molecule has 3 N–H and O–H groups in total. The fraction of sp³-hybridized carbons (Fsp3) is 0.222. The fourth-order valence-corrected chi connectivity index (χ4v) is 0.821. The second-order valence-corrected chi connectivity index (χ2v) is 2.01. The summed E-state index contributed by atoms with van der Waals surface area (Å²) in [7, 11) is 2.95. The second-order valence-electron chi connectivity index (χ2n) is 2.01. The second kappa shape index (κ2) is 6.02. The molecule has 13 heavy (non-hydrogen) atoms. The SMILES string of the molecule is CN.COc1ccccc1C(=O)O. The number of rotatable bonds is 2. The van der Waals surface area contributed by atoms with Crippen molar-refractivity contribution in [3.63, 3.8) is 0 Å². The summed E-state index contributed by atoms with van der Waals surface area (Å²) in [5.41, 5.74) is 4.69. The van der Waals surface area contributed by atoms with Crippen LogP contribution in [-0.4, -0.2) is 25.2 Å². The quantitative estimate of drug-likeness (QED) is 0.716. The van der Waals surface area contributed by atoms with Gasteiger partial charge in [0.25, 0.3) is 0 Å². The van der Waals surface area contributed by atoms with Crippen molar-refractivity contribution in [3.05, 3.63) is 29.8 Å². The van der Waals surface area contributed by atoms with Gasteiger partial charge in [-0.15, -0.1) is 0 Å². The molecular weight excluding hydrogens is 170 g/mol. The van der Waals surface area contributed by atoms with Crippen LogP contribution in [0.3, 0.4) is 0 Å². The van der Waals surface area contributed by atoms with Crippen LogP contribution in [0.25, 0.3) is 0 Å². The van der Waals surface area contributed by atoms with Gasteiger partial charge in [0.05, 0.1) is 7.11 Å². The molecule has 4 nitrogen and oxygen atoms in total. The number of carboxylic acids is 1. The maximum atomic E-state index is 10.5. The third kappa shape index (κ3) is 3.13. The van der Waals surface area contributed by atoms with Crippen molar-refractivity contribution in [3.8, 4) is 5.75 Å². The highest BCUT2D eigenvalue weighted by Gasteiger charge is 2.07. The molecule has 0 bridgehead atoms. The molecule has 0 radical (unpaired) electrons. The van der Waals surface area contributed by atoms with E-state index in [2.05, 4.69) is 5.73 Å². The van der Waals surface area contributed by atoms with Crippen LogP contribution < -0.4 is 10.5 Å². The molecule has 0 atom stereocenters. The number of hydrogen-bond acceptors (Lipinski definition) is 3. The van der Waals surface area contributed by atoms with Gasteiger partial charge < -0.3 is 15.6 Å². The number of benzene rings is 1. The predicted octanol–water partition coefficient (Wildman–Crippen LogP) is 0.968. The molecule has 0 aromatic heterocycles. The first-order valence-electron chi connectivity index (χ1n) is 3.69. The molecule has 0 aliphatic heterocycles. The first kappa shape index (κ1) is 11.4. The Hall–Kier alpha value is -1.55. The predicted molar refractivity (Wildman–Crippen MR) is 50.1 cm³/mol. The van der Waals surface area contributed by atoms with Gasteiger partial charge in [-0.3, -0.25) is 0 Å². The summed E-state index contributed by atoms with van der Waals surface area (Å²) in [6, 6.07) is 6.50. The molecular formula is C9H13NO3. The molecule has 72 valence electrons. The van der Waals surface area contributed by atoms with Gasteiger partial charge in [0, 0.05) is 0 Å². The monoisotopic (exact) mass is 183 g/mol. The molecule has 0 spiro atoms. The minimum absolute atomic E-state index is 0.190. The molecule has 1 aromatic rings. The van der Waals surface area contributed by atoms with Crippen molar-refractivity contribution in [1.82, 2.24) is 0 Å². The highest BCUT2D eigenvalue weighted by molar-refractivity contribution is 5.90. The van der Waals surface area contributed by atoms with Crippen LogP contribution in [-0.2, 0) is 0 Å². The highest BCUT2D eigenvalue weighted by Crippen LogP contribution is 2.16. The standard InChI is InChI=1S/C8H8O3.CH5N/c1-11-7-5-3-2-4-6(7)8(9)10;1-2/h2-5H,1H3,(H,9,10);2H2,1H3. The average molecular weight is 183 g/mol. The molecule has 0 aliphatic rings. The van der Waals surface area contributed by atoms with Gasteiger partial charge in [-0.05, 0) is 19.2 Å². The van der Waals surface area contributed by atoms with E-state index in [1.165, 1.54) is 20.2 Å². The number of para-hydroxylation sites is 1. The third-order valence-electron chi connectivity index (χ3n) is 1.34. The van der Waals surface area contributed by atoms with Gasteiger partial charge >= 0.3 is 5.97 Å². The number of carbonyl (C=O) groups is 1. The van der Waals surface area contributed by atoms with Crippen LogP contribution in [0.4, 0.5) is 0 Å². The van der Waals surface area contributed by atoms with Crippen LogP contribution in [0.15, 0.2) is 24.3 Å². The molecule has 4 heteroatoms. The van der Waals surface area contributed by atoms with Crippen molar-refractivity contribution in [1.29, 1.82) is 0 Å². The van der Waals surface area contributed by atoms with Crippen LogP contribution >= 0.6 is 0 Å². The highest BCUT2D eigenvalue weighted by atomic mass is 16.5. The topological polar surface area (TPSA) is 72.5 Å². The Morgan fingerprint density at radius 1 is 1.38 bits per heavy atom. The summed E-state index contributed by atoms with van der Waals surface area (Å²) in [6.07, 6.45) is 0. The number of nitrogens with two attached hydrogens (primary N) is 1. The lowest BCUT2D eigenvalue weighted by Gasteiger charge is -2.01. The van der Waals surface area contributed by atoms with Crippen molar-refractivity contribution >= 4 is 5.97 Å². The lowest BCUT2D eigenvalue weighted by atomic mass is 10.2. The molecule has 0 aliphatic carbocycles. The summed E-state index contributed by atoms with van der Waals surface area (Å²) in [5, 5.41) is 8.62. The van der Waals surface area contributed by atoms with Crippen LogP contribution in [0.1, 0.15) is 10.4 Å². The fourth-order valence-electron chi connectivity index (χ4n) is 0.821. The molecule has 1 aromatic carbocycles. The van der Waals surface area contributed by atoms with E-state index in [0.29, 0.717) is 5.75 Å². The Kier molecular flexibility index (Phi) is 5.30. The van der Waals surface area contributed by atoms with E-state index in [-0.39, 0.29) is 5.56 Å². The maximum Gasteiger partial charge on any atom is 0.339 e. The van der Waals surface area contributed by atoms with Gasteiger partial charge in [0.2, 0.25) is 0 Å². The summed E-state index contributed by atoms with van der Waals surface area (Å²) in [6.45, 7) is 0. The zero-order valence-electron chi connectivity index (χ0n) is 7.65. The van der Waals surface area contributed by atoms with Gasteiger partial charge in [-0.25, -0.2) is 4.79 Å². The Morgan fingerprint density at radius 3 is 2.31 bits per heavy atom. The van der Waals surface area contributed by atoms with Gasteiger partial charge in [0.15, 0.2) is 0 Å². The molecule has 0 heterocycles. The Morgan fingerprint density at radius 2 is 1.92 bits per heavy atom. The zero-order valence-corrected chi connectivity index (χ0v) is 7.65. The third-order valence-corrected chi connectivity index (χ3v) is 1.34. The minimum Gasteiger partial charge on any atom is -0.496 e. The van der Waals surface area contributed by atoms with Crippen molar-refractivity contribution in [2.75, 3.05) is 14.2 Å². The molecule has 0 fully saturated rings. The zero-order chi connectivity index (χ0) is 10.3. The summed E-state index contributed by atoms with van der Waals surface area (Å²) < 4.78 is 4.83. The molecule has 0 unspecified atom stereocenters. The van der Waals surface area contributed by atoms with Gasteiger partial charge in [-0.1, -0.05) is 12.1 Å². The van der Waals surface area contributed by atoms with Crippen LogP contribution in [0, 0.1) is 0 Å². The van der Waals surface area contributed by atoms with Gasteiger partial charge in [0.1, 0.15) is 11.3 Å². The van der Waals surface area contributed by atoms with Gasteiger partial charge in [-0.2, -0.15) is 0 Å². The number of ether oxygens (including phenoxy) is 1. The Labute approximate surface area is 76.9 Å². The summed E-state index contributed by atoms with van der Waals surface area (Å²) in [4.78, 5) is 10.5. The van der Waals surface area contributed by atoms with E-state index in [1.807, 2.05) is 0 Å². The van der Waals surface area contributed by atoms with E-state index in [4.69, 9.17) is 9.84 Å². The van der Waals surface area contributed by atoms with E-state index < -0.39 is 5.97 Å². The van der Waals surface area contributed by atoms with E-state index in [9.17, 15) is 4.79 Å². The average Bonchev–Trinajstić information content (AvgIpc) is 2.20. The van der Waals surface area contributed by atoms with E-state index in [1.54, 1.807) is 18.2 Å². The summed E-state index contributed by atoms with van der Waals surface area (Å²) in [5.74, 6) is -0.581.